The molecule has 0 aromatic rings. The Hall–Kier alpha value is -0.120. The minimum absolute atomic E-state index is 0.684. The first kappa shape index (κ1) is 13.3. The van der Waals surface area contributed by atoms with Crippen molar-refractivity contribution in [3.63, 3.8) is 0 Å². The molecule has 100 valence electrons. The van der Waals surface area contributed by atoms with Gasteiger partial charge >= 0.3 is 0 Å². The summed E-state index contributed by atoms with van der Waals surface area (Å²) in [6, 6.07) is 2.26. The summed E-state index contributed by atoms with van der Waals surface area (Å²) in [4.78, 5) is 2.72. The molecule has 0 aliphatic heterocycles. The average Bonchev–Trinajstić information content (AvgIpc) is 3.14. The van der Waals surface area contributed by atoms with E-state index in [1.54, 1.807) is 0 Å². The molecule has 0 bridgehead atoms. The third-order valence-corrected chi connectivity index (χ3v) is 4.45. The largest absolute Gasteiger partial charge is 0.383 e. The Morgan fingerprint density at radius 1 is 1.24 bits per heavy atom. The zero-order chi connectivity index (χ0) is 12.3. The second-order valence-corrected chi connectivity index (χ2v) is 5.84. The van der Waals surface area contributed by atoms with Crippen molar-refractivity contribution in [2.75, 3.05) is 27.3 Å². The van der Waals surface area contributed by atoms with E-state index in [0.717, 1.165) is 31.2 Å². The van der Waals surface area contributed by atoms with Crippen molar-refractivity contribution >= 4 is 0 Å². The van der Waals surface area contributed by atoms with Crippen LogP contribution in [0.25, 0.3) is 0 Å². The molecule has 0 aromatic carbocycles. The lowest BCUT2D eigenvalue weighted by Crippen LogP contribution is -2.53. The maximum absolute atomic E-state index is 5.27. The zero-order valence-electron chi connectivity index (χ0n) is 11.6. The van der Waals surface area contributed by atoms with Crippen LogP contribution in [-0.2, 0) is 4.74 Å². The summed E-state index contributed by atoms with van der Waals surface area (Å²) in [7, 11) is 3.93. The first-order valence-electron chi connectivity index (χ1n) is 7.18. The molecule has 3 atom stereocenters. The number of hydrogen-bond donors (Lipinski definition) is 1. The van der Waals surface area contributed by atoms with Gasteiger partial charge in [0, 0.05) is 31.8 Å². The summed E-state index contributed by atoms with van der Waals surface area (Å²) in [5, 5.41) is 3.53. The van der Waals surface area contributed by atoms with Gasteiger partial charge in [-0.15, -0.1) is 0 Å². The van der Waals surface area contributed by atoms with Gasteiger partial charge in [0.25, 0.3) is 0 Å². The Kier molecular flexibility index (Phi) is 4.83. The molecule has 2 rings (SSSR count). The van der Waals surface area contributed by atoms with Gasteiger partial charge in [0.15, 0.2) is 0 Å². The molecule has 2 aliphatic carbocycles. The second-order valence-electron chi connectivity index (χ2n) is 5.84. The van der Waals surface area contributed by atoms with Gasteiger partial charge in [0.1, 0.15) is 0 Å². The van der Waals surface area contributed by atoms with Crippen LogP contribution in [0.15, 0.2) is 0 Å². The van der Waals surface area contributed by atoms with Gasteiger partial charge in [0.2, 0.25) is 0 Å². The predicted octanol–water partition coefficient (Wildman–Crippen LogP) is 1.87. The summed E-state index contributed by atoms with van der Waals surface area (Å²) in [5.41, 5.74) is 0. The van der Waals surface area contributed by atoms with Crippen LogP contribution in [0.1, 0.15) is 39.0 Å². The van der Waals surface area contributed by atoms with Gasteiger partial charge in [-0.3, -0.25) is 4.90 Å². The molecular weight excluding hydrogens is 212 g/mol. The Morgan fingerprint density at radius 2 is 2.00 bits per heavy atom. The van der Waals surface area contributed by atoms with Crippen molar-refractivity contribution in [1.82, 2.24) is 10.2 Å². The van der Waals surface area contributed by atoms with Crippen LogP contribution < -0.4 is 5.32 Å². The van der Waals surface area contributed by atoms with Crippen molar-refractivity contribution < 1.29 is 4.74 Å². The highest BCUT2D eigenvalue weighted by molar-refractivity contribution is 4.96. The van der Waals surface area contributed by atoms with Crippen LogP contribution in [-0.4, -0.2) is 50.3 Å². The molecule has 3 nitrogen and oxygen atoms in total. The number of likely N-dealkylation sites (N-methyl/N-ethyl adjacent to an activating group) is 1. The standard InChI is InChI=1S/C14H28N2O/c1-11-4-7-13(15-2)14(10-11)16(8-9-17-3)12-5-6-12/h11-15H,4-10H2,1-3H3. The molecule has 0 saturated heterocycles. The van der Waals surface area contributed by atoms with Crippen molar-refractivity contribution in [2.24, 2.45) is 5.92 Å². The summed E-state index contributed by atoms with van der Waals surface area (Å²) < 4.78 is 5.27. The SMILES string of the molecule is CNC1CCC(C)CC1N(CCOC)C1CC1. The predicted molar refractivity (Wildman–Crippen MR) is 71.3 cm³/mol. The molecule has 3 heteroatoms. The fourth-order valence-electron chi connectivity index (χ4n) is 3.28. The fourth-order valence-corrected chi connectivity index (χ4v) is 3.28. The normalized spacial score (nSPS) is 34.2. The quantitative estimate of drug-likeness (QED) is 0.767. The van der Waals surface area contributed by atoms with E-state index in [1.807, 2.05) is 7.11 Å². The number of ether oxygens (including phenoxy) is 1. The molecule has 17 heavy (non-hydrogen) atoms. The van der Waals surface area contributed by atoms with Crippen molar-refractivity contribution in [3.8, 4) is 0 Å². The van der Waals surface area contributed by atoms with Gasteiger partial charge < -0.3 is 10.1 Å². The van der Waals surface area contributed by atoms with E-state index >= 15 is 0 Å². The number of rotatable bonds is 6. The first-order valence-corrected chi connectivity index (χ1v) is 7.18. The lowest BCUT2D eigenvalue weighted by molar-refractivity contribution is 0.0667. The molecule has 0 spiro atoms. The summed E-state index contributed by atoms with van der Waals surface area (Å²) >= 11 is 0. The third-order valence-electron chi connectivity index (χ3n) is 4.45. The van der Waals surface area contributed by atoms with E-state index in [0.29, 0.717) is 6.04 Å². The highest BCUT2D eigenvalue weighted by Crippen LogP contribution is 2.35. The van der Waals surface area contributed by atoms with Crippen LogP contribution in [0, 0.1) is 5.92 Å². The molecular formula is C14H28N2O. The molecule has 3 unspecified atom stereocenters. The van der Waals surface area contributed by atoms with E-state index in [4.69, 9.17) is 4.74 Å². The van der Waals surface area contributed by atoms with E-state index in [9.17, 15) is 0 Å². The third kappa shape index (κ3) is 3.43. The summed E-state index contributed by atoms with van der Waals surface area (Å²) in [6.45, 7) is 4.38. The van der Waals surface area contributed by atoms with Crippen LogP contribution in [0.4, 0.5) is 0 Å². The maximum atomic E-state index is 5.27. The van der Waals surface area contributed by atoms with Gasteiger partial charge in [-0.25, -0.2) is 0 Å². The second kappa shape index (κ2) is 6.17. The smallest absolute Gasteiger partial charge is 0.0589 e. The Balaban J connectivity index is 1.97. The molecule has 0 aromatic heterocycles. The van der Waals surface area contributed by atoms with E-state index in [1.165, 1.54) is 32.1 Å². The number of nitrogens with one attached hydrogen (secondary N) is 1. The molecule has 2 saturated carbocycles. The minimum Gasteiger partial charge on any atom is -0.383 e. The topological polar surface area (TPSA) is 24.5 Å². The molecule has 0 amide bonds. The molecule has 0 radical (unpaired) electrons. The monoisotopic (exact) mass is 240 g/mol. The summed E-state index contributed by atoms with van der Waals surface area (Å²) in [6.07, 6.45) is 6.85. The van der Waals surface area contributed by atoms with Crippen molar-refractivity contribution in [2.45, 2.75) is 57.2 Å². The van der Waals surface area contributed by atoms with Crippen molar-refractivity contribution in [1.29, 1.82) is 0 Å². The average molecular weight is 240 g/mol. The number of methoxy groups -OCH3 is 1. The van der Waals surface area contributed by atoms with Gasteiger partial charge in [-0.05, 0) is 45.1 Å². The van der Waals surface area contributed by atoms with Gasteiger partial charge in [-0.2, -0.15) is 0 Å². The summed E-state index contributed by atoms with van der Waals surface area (Å²) in [5.74, 6) is 0.883. The van der Waals surface area contributed by atoms with E-state index in [-0.39, 0.29) is 0 Å². The Morgan fingerprint density at radius 3 is 2.59 bits per heavy atom. The molecule has 1 N–H and O–H groups in total. The lowest BCUT2D eigenvalue weighted by Gasteiger charge is -2.42. The highest BCUT2D eigenvalue weighted by Gasteiger charge is 2.39. The minimum atomic E-state index is 0.684. The fraction of sp³-hybridized carbons (Fsp3) is 1.00. The molecule has 2 fully saturated rings. The van der Waals surface area contributed by atoms with Crippen LogP contribution in [0.3, 0.4) is 0 Å². The molecule has 2 aliphatic rings. The Bertz CT molecular complexity index is 230. The maximum Gasteiger partial charge on any atom is 0.0589 e. The van der Waals surface area contributed by atoms with E-state index in [2.05, 4.69) is 24.2 Å². The Labute approximate surface area is 106 Å². The highest BCUT2D eigenvalue weighted by atomic mass is 16.5. The van der Waals surface area contributed by atoms with Crippen LogP contribution in [0.2, 0.25) is 0 Å². The van der Waals surface area contributed by atoms with Crippen LogP contribution >= 0.6 is 0 Å². The van der Waals surface area contributed by atoms with Crippen molar-refractivity contribution in [3.05, 3.63) is 0 Å². The molecule has 0 heterocycles. The van der Waals surface area contributed by atoms with Gasteiger partial charge in [-0.1, -0.05) is 6.92 Å². The zero-order valence-corrected chi connectivity index (χ0v) is 11.6. The number of nitrogens with zero attached hydrogens (tertiary/aromatic N) is 1. The van der Waals surface area contributed by atoms with Crippen LogP contribution in [0.5, 0.6) is 0 Å². The first-order chi connectivity index (χ1) is 8.26. The lowest BCUT2D eigenvalue weighted by atomic mass is 9.82. The van der Waals surface area contributed by atoms with Gasteiger partial charge in [0.05, 0.1) is 6.61 Å². The number of hydrogen-bond acceptors (Lipinski definition) is 3. The van der Waals surface area contributed by atoms with E-state index < -0.39 is 0 Å².